The number of fused-ring (bicyclic) bond motifs is 1. The Labute approximate surface area is 189 Å². The van der Waals surface area contributed by atoms with Crippen LogP contribution >= 0.6 is 11.3 Å². The van der Waals surface area contributed by atoms with Gasteiger partial charge in [-0.3, -0.25) is 9.59 Å². The van der Waals surface area contributed by atoms with Crippen LogP contribution in [-0.4, -0.2) is 35.0 Å². The normalized spacial score (nSPS) is 16.3. The van der Waals surface area contributed by atoms with Gasteiger partial charge in [-0.15, -0.1) is 11.3 Å². The molecular formula is C22H25N3O5S2. The van der Waals surface area contributed by atoms with Gasteiger partial charge in [-0.25, -0.2) is 22.8 Å². The molecule has 0 amide bonds. The molecule has 0 saturated heterocycles. The first-order chi connectivity index (χ1) is 15.2. The van der Waals surface area contributed by atoms with Crippen molar-refractivity contribution in [2.75, 3.05) is 6.26 Å². The number of Topliss-reactive ketones (excluding diaryl/α,β-unsaturated/α-hetero) is 1. The third kappa shape index (κ3) is 4.75. The molecule has 2 heterocycles. The van der Waals surface area contributed by atoms with E-state index in [1.807, 2.05) is 0 Å². The fraction of sp³-hybridized carbons (Fsp3) is 0.455. The van der Waals surface area contributed by atoms with Crippen molar-refractivity contribution in [3.8, 4) is 0 Å². The third-order valence-electron chi connectivity index (χ3n) is 6.10. The van der Waals surface area contributed by atoms with Gasteiger partial charge in [0.05, 0.1) is 27.2 Å². The number of hydrogen-bond donors (Lipinski definition) is 1. The summed E-state index contributed by atoms with van der Waals surface area (Å²) >= 11 is 1.35. The summed E-state index contributed by atoms with van der Waals surface area (Å²) in [6, 6.07) is 3.10. The van der Waals surface area contributed by atoms with E-state index < -0.39 is 27.1 Å². The van der Waals surface area contributed by atoms with Crippen molar-refractivity contribution in [1.82, 2.24) is 14.5 Å². The fourth-order valence-corrected chi connectivity index (χ4v) is 5.72. The van der Waals surface area contributed by atoms with Crippen LogP contribution in [0.5, 0.6) is 0 Å². The van der Waals surface area contributed by atoms with Gasteiger partial charge in [0.2, 0.25) is 0 Å². The SMILES string of the molecule is CS(=O)(=O)c1ccc2[nH]c(=O)n(C(CC3CCCCC3)C(=O)Cc3nccs3)c(=O)c2c1. The van der Waals surface area contributed by atoms with Gasteiger partial charge < -0.3 is 4.98 Å². The lowest BCUT2D eigenvalue weighted by Crippen LogP contribution is -2.42. The number of ketones is 1. The van der Waals surface area contributed by atoms with E-state index >= 15 is 0 Å². The van der Waals surface area contributed by atoms with Gasteiger partial charge in [-0.05, 0) is 30.5 Å². The summed E-state index contributed by atoms with van der Waals surface area (Å²) in [5.74, 6) is 0.00934. The highest BCUT2D eigenvalue weighted by molar-refractivity contribution is 7.90. The standard InChI is InChI=1S/C22H25N3O5S2/c1-32(29,30)15-7-8-17-16(12-15)21(27)25(22(28)24-17)18(11-14-5-3-2-4-6-14)19(26)13-20-23-9-10-31-20/h7-10,12,14,18H,2-6,11,13H2,1H3,(H,24,28). The van der Waals surface area contributed by atoms with Crippen LogP contribution in [0.3, 0.4) is 0 Å². The largest absolute Gasteiger partial charge is 0.329 e. The van der Waals surface area contributed by atoms with E-state index in [2.05, 4.69) is 9.97 Å². The van der Waals surface area contributed by atoms with Crippen molar-refractivity contribution in [3.05, 3.63) is 55.6 Å². The minimum atomic E-state index is -3.54. The maximum Gasteiger partial charge on any atom is 0.329 e. The van der Waals surface area contributed by atoms with Crippen molar-refractivity contribution >= 4 is 37.9 Å². The number of hydrogen-bond acceptors (Lipinski definition) is 7. The molecule has 170 valence electrons. The molecule has 0 aliphatic heterocycles. The molecule has 10 heteroatoms. The fourth-order valence-electron chi connectivity index (χ4n) is 4.45. The van der Waals surface area contributed by atoms with Gasteiger partial charge in [0.15, 0.2) is 15.6 Å². The monoisotopic (exact) mass is 475 g/mol. The van der Waals surface area contributed by atoms with E-state index in [0.29, 0.717) is 11.4 Å². The van der Waals surface area contributed by atoms with Crippen molar-refractivity contribution in [3.63, 3.8) is 0 Å². The molecule has 2 aromatic heterocycles. The summed E-state index contributed by atoms with van der Waals surface area (Å²) in [7, 11) is -3.54. The van der Waals surface area contributed by atoms with E-state index in [4.69, 9.17) is 0 Å². The minimum absolute atomic E-state index is 0.0151. The van der Waals surface area contributed by atoms with Crippen LogP contribution in [0.25, 0.3) is 10.9 Å². The number of rotatable bonds is 7. The predicted octanol–water partition coefficient (Wildman–Crippen LogP) is 2.87. The molecule has 1 saturated carbocycles. The van der Waals surface area contributed by atoms with E-state index in [-0.39, 0.29) is 33.9 Å². The molecule has 1 atom stereocenters. The van der Waals surface area contributed by atoms with Gasteiger partial charge in [-0.2, -0.15) is 0 Å². The van der Waals surface area contributed by atoms with Crippen LogP contribution in [0.1, 0.15) is 49.6 Å². The molecule has 0 spiro atoms. The summed E-state index contributed by atoms with van der Waals surface area (Å²) in [6.45, 7) is 0. The second kappa shape index (κ2) is 9.11. The molecule has 32 heavy (non-hydrogen) atoms. The highest BCUT2D eigenvalue weighted by atomic mass is 32.2. The van der Waals surface area contributed by atoms with Crippen LogP contribution in [0.15, 0.2) is 44.3 Å². The van der Waals surface area contributed by atoms with Gasteiger partial charge in [0.25, 0.3) is 5.56 Å². The highest BCUT2D eigenvalue weighted by Crippen LogP contribution is 2.31. The minimum Gasteiger partial charge on any atom is -0.307 e. The Morgan fingerprint density at radius 3 is 2.66 bits per heavy atom. The molecule has 1 aliphatic rings. The van der Waals surface area contributed by atoms with E-state index in [0.717, 1.165) is 42.9 Å². The topological polar surface area (TPSA) is 119 Å². The lowest BCUT2D eigenvalue weighted by molar-refractivity contribution is -0.122. The quantitative estimate of drug-likeness (QED) is 0.561. The van der Waals surface area contributed by atoms with Crippen LogP contribution in [-0.2, 0) is 21.1 Å². The Balaban J connectivity index is 1.82. The Bertz CT molecular complexity index is 1350. The number of H-pyrrole nitrogens is 1. The van der Waals surface area contributed by atoms with Crippen molar-refractivity contribution in [2.45, 2.75) is 55.9 Å². The molecule has 0 radical (unpaired) electrons. The molecule has 1 aromatic carbocycles. The molecule has 1 fully saturated rings. The zero-order valence-electron chi connectivity index (χ0n) is 17.7. The Morgan fingerprint density at radius 2 is 2.00 bits per heavy atom. The summed E-state index contributed by atoms with van der Waals surface area (Å²) < 4.78 is 24.9. The van der Waals surface area contributed by atoms with Gasteiger partial charge in [-0.1, -0.05) is 32.1 Å². The first-order valence-corrected chi connectivity index (χ1v) is 13.4. The molecule has 1 aliphatic carbocycles. The van der Waals surface area contributed by atoms with E-state index in [9.17, 15) is 22.8 Å². The first-order valence-electron chi connectivity index (χ1n) is 10.6. The number of aromatic amines is 1. The number of benzene rings is 1. The smallest absolute Gasteiger partial charge is 0.307 e. The lowest BCUT2D eigenvalue weighted by Gasteiger charge is -2.26. The summed E-state index contributed by atoms with van der Waals surface area (Å²) in [6.07, 6.45) is 8.33. The Hall–Kier alpha value is -2.59. The number of aromatic nitrogens is 3. The lowest BCUT2D eigenvalue weighted by atomic mass is 9.83. The van der Waals surface area contributed by atoms with Crippen LogP contribution < -0.4 is 11.2 Å². The average Bonchev–Trinajstić information content (AvgIpc) is 3.26. The molecule has 1 N–H and O–H groups in total. The van der Waals surface area contributed by atoms with Crippen molar-refractivity contribution in [1.29, 1.82) is 0 Å². The molecule has 4 rings (SSSR count). The molecule has 3 aromatic rings. The molecule has 0 bridgehead atoms. The van der Waals surface area contributed by atoms with Gasteiger partial charge in [0.1, 0.15) is 6.04 Å². The van der Waals surface area contributed by atoms with Gasteiger partial charge >= 0.3 is 5.69 Å². The Morgan fingerprint density at radius 1 is 1.25 bits per heavy atom. The molecule has 1 unspecified atom stereocenters. The van der Waals surface area contributed by atoms with Crippen LogP contribution in [0, 0.1) is 5.92 Å². The summed E-state index contributed by atoms with van der Waals surface area (Å²) in [5.41, 5.74) is -1.07. The number of carbonyl (C=O) groups excluding carboxylic acids is 1. The van der Waals surface area contributed by atoms with Gasteiger partial charge in [0, 0.05) is 17.8 Å². The number of carbonyl (C=O) groups is 1. The van der Waals surface area contributed by atoms with Crippen LogP contribution in [0.2, 0.25) is 0 Å². The first kappa shape index (κ1) is 22.6. The average molecular weight is 476 g/mol. The Kier molecular flexibility index (Phi) is 6.43. The zero-order valence-corrected chi connectivity index (χ0v) is 19.4. The zero-order chi connectivity index (χ0) is 22.9. The predicted molar refractivity (Wildman–Crippen MR) is 123 cm³/mol. The van der Waals surface area contributed by atoms with E-state index in [1.54, 1.807) is 11.6 Å². The second-order valence-electron chi connectivity index (χ2n) is 8.41. The summed E-state index contributed by atoms with van der Waals surface area (Å²) in [5, 5.41) is 2.48. The number of nitrogens with zero attached hydrogens (tertiary/aromatic N) is 2. The molecule has 8 nitrogen and oxygen atoms in total. The number of nitrogens with one attached hydrogen (secondary N) is 1. The maximum atomic E-state index is 13.4. The molecular weight excluding hydrogens is 450 g/mol. The van der Waals surface area contributed by atoms with Crippen molar-refractivity contribution < 1.29 is 13.2 Å². The second-order valence-corrected chi connectivity index (χ2v) is 11.4. The number of sulfone groups is 1. The van der Waals surface area contributed by atoms with Crippen LogP contribution in [0.4, 0.5) is 0 Å². The van der Waals surface area contributed by atoms with E-state index in [1.165, 1.54) is 29.5 Å². The summed E-state index contributed by atoms with van der Waals surface area (Å²) in [4.78, 5) is 46.5. The maximum absolute atomic E-state index is 13.4. The van der Waals surface area contributed by atoms with Crippen molar-refractivity contribution in [2.24, 2.45) is 5.92 Å². The highest BCUT2D eigenvalue weighted by Gasteiger charge is 2.29. The number of thiazole rings is 1. The third-order valence-corrected chi connectivity index (χ3v) is 7.99.